The molecule has 0 unspecified atom stereocenters. The summed E-state index contributed by atoms with van der Waals surface area (Å²) >= 11 is 0. The predicted molar refractivity (Wildman–Crippen MR) is 44.0 cm³/mol. The van der Waals surface area contributed by atoms with Crippen LogP contribution in [0.5, 0.6) is 5.88 Å². The fourth-order valence-electron chi connectivity index (χ4n) is 0.933. The van der Waals surface area contributed by atoms with Crippen molar-refractivity contribution in [3.8, 4) is 5.88 Å². The van der Waals surface area contributed by atoms with Crippen molar-refractivity contribution in [3.63, 3.8) is 0 Å². The van der Waals surface area contributed by atoms with E-state index in [0.717, 1.165) is 0 Å². The number of hydrogen-bond donors (Lipinski definition) is 2. The molecule has 0 saturated heterocycles. The molecule has 0 saturated carbocycles. The molecule has 14 heavy (non-hydrogen) atoms. The number of hydrogen-bond acceptors (Lipinski definition) is 8. The van der Waals surface area contributed by atoms with Crippen LogP contribution in [-0.4, -0.2) is 32.1 Å². The van der Waals surface area contributed by atoms with Gasteiger partial charge >= 0.3 is 0 Å². The van der Waals surface area contributed by atoms with Gasteiger partial charge in [-0.1, -0.05) is 0 Å². The Hall–Kier alpha value is -1.96. The average molecular weight is 197 g/mol. The highest BCUT2D eigenvalue weighted by Crippen LogP contribution is 2.20. The molecule has 0 atom stereocenters. The topological polar surface area (TPSA) is 106 Å². The van der Waals surface area contributed by atoms with Crippen LogP contribution in [0.3, 0.4) is 0 Å². The van der Waals surface area contributed by atoms with Gasteiger partial charge in [-0.25, -0.2) is 10.1 Å². The maximum absolute atomic E-state index is 8.73. The van der Waals surface area contributed by atoms with Crippen LogP contribution in [-0.2, 0) is 0 Å². The Morgan fingerprint density at radius 2 is 2.07 bits per heavy atom. The van der Waals surface area contributed by atoms with Gasteiger partial charge in [0.25, 0.3) is 5.88 Å². The lowest BCUT2D eigenvalue weighted by molar-refractivity contribution is 0.311. The molecular weight excluding hydrogens is 190 g/mol. The number of rotatable bonds is 3. The molecule has 0 amide bonds. The van der Waals surface area contributed by atoms with Gasteiger partial charge in [-0.2, -0.15) is 9.97 Å². The molecular formula is C6H7N5O3. The first kappa shape index (κ1) is 8.63. The molecule has 2 heterocycles. The monoisotopic (exact) mass is 197 g/mol. The third-order valence-corrected chi connectivity index (χ3v) is 1.47. The summed E-state index contributed by atoms with van der Waals surface area (Å²) in [6, 6.07) is 0. The Bertz CT molecular complexity index is 442. The number of nitrogens with one attached hydrogen (secondary N) is 1. The molecule has 2 rings (SSSR count). The minimum absolute atomic E-state index is 0.0788. The molecule has 2 aromatic heterocycles. The van der Waals surface area contributed by atoms with E-state index in [0.29, 0.717) is 6.61 Å². The van der Waals surface area contributed by atoms with Gasteiger partial charge in [0, 0.05) is 0 Å². The van der Waals surface area contributed by atoms with Gasteiger partial charge < -0.3 is 4.74 Å². The lowest BCUT2D eigenvalue weighted by Gasteiger charge is -2.04. The summed E-state index contributed by atoms with van der Waals surface area (Å²) in [5.74, 6) is 0.230. The number of ether oxygens (including phenoxy) is 1. The van der Waals surface area contributed by atoms with E-state index >= 15 is 0 Å². The van der Waals surface area contributed by atoms with Gasteiger partial charge in [0.1, 0.15) is 0 Å². The first-order valence-corrected chi connectivity index (χ1v) is 3.88. The van der Waals surface area contributed by atoms with Gasteiger partial charge in [0.2, 0.25) is 17.1 Å². The van der Waals surface area contributed by atoms with E-state index in [9.17, 15) is 0 Å². The van der Waals surface area contributed by atoms with Crippen molar-refractivity contribution in [2.75, 3.05) is 12.1 Å². The van der Waals surface area contributed by atoms with Crippen molar-refractivity contribution in [1.29, 1.82) is 0 Å². The number of aromatic nitrogens is 4. The molecule has 2 N–H and O–H groups in total. The first-order chi connectivity index (χ1) is 6.85. The quantitative estimate of drug-likeness (QED) is 0.672. The van der Waals surface area contributed by atoms with Crippen molar-refractivity contribution in [2.24, 2.45) is 0 Å². The SMILES string of the molecule is CCOc1nc2nonc2nc1NO. The highest BCUT2D eigenvalue weighted by atomic mass is 16.6. The summed E-state index contributed by atoms with van der Waals surface area (Å²) in [5, 5.41) is 15.7. The molecule has 0 aliphatic carbocycles. The largest absolute Gasteiger partial charge is 0.475 e. The van der Waals surface area contributed by atoms with Gasteiger partial charge in [-0.05, 0) is 17.2 Å². The second-order valence-electron chi connectivity index (χ2n) is 2.33. The summed E-state index contributed by atoms with van der Waals surface area (Å²) in [6.07, 6.45) is 0. The molecule has 0 aliphatic heterocycles. The fourth-order valence-corrected chi connectivity index (χ4v) is 0.933. The second-order valence-corrected chi connectivity index (χ2v) is 2.33. The third-order valence-electron chi connectivity index (χ3n) is 1.47. The van der Waals surface area contributed by atoms with E-state index in [2.05, 4.69) is 24.9 Å². The van der Waals surface area contributed by atoms with Gasteiger partial charge in [-0.15, -0.1) is 0 Å². The predicted octanol–water partition coefficient (Wildman–Crippen LogP) is 0.213. The third kappa shape index (κ3) is 1.31. The summed E-state index contributed by atoms with van der Waals surface area (Å²) in [5.41, 5.74) is 2.28. The van der Waals surface area contributed by atoms with Crippen LogP contribution >= 0.6 is 0 Å². The Morgan fingerprint density at radius 1 is 1.36 bits per heavy atom. The maximum Gasteiger partial charge on any atom is 0.261 e. The van der Waals surface area contributed by atoms with Crippen molar-refractivity contribution in [3.05, 3.63) is 0 Å². The van der Waals surface area contributed by atoms with Crippen LogP contribution < -0.4 is 10.2 Å². The molecule has 0 radical (unpaired) electrons. The summed E-state index contributed by atoms with van der Waals surface area (Å²) in [4.78, 5) is 7.78. The Labute approximate surface area is 77.8 Å². The zero-order valence-electron chi connectivity index (χ0n) is 7.26. The lowest BCUT2D eigenvalue weighted by atomic mass is 10.6. The molecule has 0 aliphatic rings. The summed E-state index contributed by atoms with van der Waals surface area (Å²) in [6.45, 7) is 2.19. The van der Waals surface area contributed by atoms with Gasteiger partial charge in [0.15, 0.2) is 0 Å². The Kier molecular flexibility index (Phi) is 2.11. The first-order valence-electron chi connectivity index (χ1n) is 3.88. The van der Waals surface area contributed by atoms with Crippen molar-refractivity contribution in [1.82, 2.24) is 20.3 Å². The number of nitrogens with zero attached hydrogens (tertiary/aromatic N) is 4. The van der Waals surface area contributed by atoms with E-state index in [1.54, 1.807) is 6.92 Å². The number of anilines is 1. The molecule has 0 aromatic carbocycles. The molecule has 0 bridgehead atoms. The van der Waals surface area contributed by atoms with Crippen LogP contribution in [0.2, 0.25) is 0 Å². The smallest absolute Gasteiger partial charge is 0.261 e. The Morgan fingerprint density at radius 3 is 2.71 bits per heavy atom. The van der Waals surface area contributed by atoms with E-state index in [1.165, 1.54) is 0 Å². The lowest BCUT2D eigenvalue weighted by Crippen LogP contribution is -2.03. The molecule has 8 heteroatoms. The van der Waals surface area contributed by atoms with E-state index in [1.807, 2.05) is 5.48 Å². The zero-order valence-corrected chi connectivity index (χ0v) is 7.26. The second kappa shape index (κ2) is 3.42. The summed E-state index contributed by atoms with van der Waals surface area (Å²) < 4.78 is 9.51. The van der Waals surface area contributed by atoms with E-state index in [-0.39, 0.29) is 23.0 Å². The maximum atomic E-state index is 8.73. The highest BCUT2D eigenvalue weighted by Gasteiger charge is 2.12. The van der Waals surface area contributed by atoms with Crippen molar-refractivity contribution < 1.29 is 14.6 Å². The van der Waals surface area contributed by atoms with Crippen LogP contribution in [0.15, 0.2) is 4.63 Å². The van der Waals surface area contributed by atoms with Crippen LogP contribution in [0.25, 0.3) is 11.3 Å². The normalized spacial score (nSPS) is 10.4. The molecule has 0 fully saturated rings. The van der Waals surface area contributed by atoms with E-state index < -0.39 is 0 Å². The van der Waals surface area contributed by atoms with E-state index in [4.69, 9.17) is 9.94 Å². The standard InChI is InChI=1S/C6H7N5O3/c1-2-13-6-5(9-12)7-3-4(8-6)11-14-10-3/h12H,2H2,1H3,(H,7,9,10). The molecule has 8 nitrogen and oxygen atoms in total. The molecule has 2 aromatic rings. The minimum Gasteiger partial charge on any atom is -0.475 e. The van der Waals surface area contributed by atoms with Gasteiger partial charge in [-0.3, -0.25) is 5.21 Å². The fraction of sp³-hybridized carbons (Fsp3) is 0.333. The highest BCUT2D eigenvalue weighted by molar-refractivity contribution is 5.67. The van der Waals surface area contributed by atoms with Crippen LogP contribution in [0, 0.1) is 0 Å². The van der Waals surface area contributed by atoms with Crippen molar-refractivity contribution in [2.45, 2.75) is 6.92 Å². The number of fused-ring (bicyclic) bond motifs is 1. The van der Waals surface area contributed by atoms with Gasteiger partial charge in [0.05, 0.1) is 6.61 Å². The van der Waals surface area contributed by atoms with Crippen molar-refractivity contribution >= 4 is 17.1 Å². The molecule has 0 spiro atoms. The minimum atomic E-state index is 0.0788. The summed E-state index contributed by atoms with van der Waals surface area (Å²) in [7, 11) is 0. The Balaban J connectivity index is 2.54. The van der Waals surface area contributed by atoms with Crippen LogP contribution in [0.1, 0.15) is 6.92 Å². The zero-order chi connectivity index (χ0) is 9.97. The van der Waals surface area contributed by atoms with Crippen LogP contribution in [0.4, 0.5) is 5.82 Å². The molecule has 74 valence electrons. The average Bonchev–Trinajstić information content (AvgIpc) is 2.64.